The minimum atomic E-state index is -0.517. The Balaban J connectivity index is 1.70. The van der Waals surface area contributed by atoms with E-state index in [0.29, 0.717) is 25.8 Å². The number of fused-ring (bicyclic) bond motifs is 1. The van der Waals surface area contributed by atoms with Crippen molar-refractivity contribution in [1.82, 2.24) is 10.2 Å². The van der Waals surface area contributed by atoms with E-state index in [1.807, 2.05) is 36.4 Å². The number of rotatable bonds is 3. The van der Waals surface area contributed by atoms with E-state index in [2.05, 4.69) is 5.32 Å². The van der Waals surface area contributed by atoms with Gasteiger partial charge in [0.25, 0.3) is 0 Å². The predicted molar refractivity (Wildman–Crippen MR) is 120 cm³/mol. The Hall–Kier alpha value is -2.67. The molecule has 0 radical (unpaired) electrons. The van der Waals surface area contributed by atoms with Crippen molar-refractivity contribution >= 4 is 17.8 Å². The first kappa shape index (κ1) is 24.0. The highest BCUT2D eigenvalue weighted by Crippen LogP contribution is 2.25. The van der Waals surface area contributed by atoms with E-state index in [9.17, 15) is 19.5 Å². The Labute approximate surface area is 189 Å². The molecule has 2 N–H and O–H groups in total. The number of esters is 1. The summed E-state index contributed by atoms with van der Waals surface area (Å²) >= 11 is 0. The van der Waals surface area contributed by atoms with Crippen LogP contribution < -0.4 is 5.32 Å². The molecule has 1 aromatic carbocycles. The molecule has 32 heavy (non-hydrogen) atoms. The number of carbonyl (C=O) groups excluding carboxylic acids is 3. The standard InChI is InChI=1S/C25H34N2O5/c1-18-17-32-24(30)12-6-4-2-3-5-10-20(25(31)26-18)14-23(29)27-15-21-11-8-7-9-19(21)13-22(27)16-28/h3,5,7-9,11,18,20,22,28H,2,4,6,10,12-17H2,1H3,(H,26,31). The Morgan fingerprint density at radius 1 is 1.19 bits per heavy atom. The lowest BCUT2D eigenvalue weighted by molar-refractivity contribution is -0.145. The summed E-state index contributed by atoms with van der Waals surface area (Å²) in [6.45, 7) is 2.24. The van der Waals surface area contributed by atoms with Crippen LogP contribution in [0.25, 0.3) is 0 Å². The van der Waals surface area contributed by atoms with Crippen molar-refractivity contribution in [2.45, 2.75) is 70.5 Å². The monoisotopic (exact) mass is 442 g/mol. The molecule has 0 saturated carbocycles. The molecule has 2 heterocycles. The number of cyclic esters (lactones) is 1. The number of ether oxygens (including phenoxy) is 1. The Kier molecular flexibility index (Phi) is 8.85. The summed E-state index contributed by atoms with van der Waals surface area (Å²) in [6, 6.07) is 7.34. The molecule has 2 aliphatic rings. The number of aliphatic hydroxyl groups is 1. The normalized spacial score (nSPS) is 25.3. The fraction of sp³-hybridized carbons (Fsp3) is 0.560. The van der Waals surface area contributed by atoms with Gasteiger partial charge in [0, 0.05) is 19.4 Å². The van der Waals surface area contributed by atoms with Crippen LogP contribution in [-0.4, -0.2) is 53.1 Å². The van der Waals surface area contributed by atoms with Gasteiger partial charge in [0.15, 0.2) is 0 Å². The number of amides is 2. The Bertz CT molecular complexity index is 837. The van der Waals surface area contributed by atoms with Crippen LogP contribution in [0, 0.1) is 5.92 Å². The first-order valence-electron chi connectivity index (χ1n) is 11.6. The smallest absolute Gasteiger partial charge is 0.305 e. The fourth-order valence-electron chi connectivity index (χ4n) is 4.26. The number of nitrogens with one attached hydrogen (secondary N) is 1. The van der Waals surface area contributed by atoms with Gasteiger partial charge in [-0.3, -0.25) is 14.4 Å². The third-order valence-electron chi connectivity index (χ3n) is 6.15. The van der Waals surface area contributed by atoms with E-state index in [1.54, 1.807) is 11.8 Å². The van der Waals surface area contributed by atoms with Crippen LogP contribution in [0.1, 0.15) is 56.6 Å². The molecule has 0 saturated heterocycles. The summed E-state index contributed by atoms with van der Waals surface area (Å²) < 4.78 is 5.25. The number of nitrogens with zero attached hydrogens (tertiary/aromatic N) is 1. The van der Waals surface area contributed by atoms with Crippen LogP contribution in [0.5, 0.6) is 0 Å². The zero-order valence-corrected chi connectivity index (χ0v) is 18.8. The summed E-state index contributed by atoms with van der Waals surface area (Å²) in [4.78, 5) is 39.7. The molecular formula is C25H34N2O5. The molecule has 1 aromatic rings. The van der Waals surface area contributed by atoms with Gasteiger partial charge in [-0.2, -0.15) is 0 Å². The molecule has 2 amide bonds. The molecule has 174 valence electrons. The minimum absolute atomic E-state index is 0.0708. The largest absolute Gasteiger partial charge is 0.464 e. The second-order valence-electron chi connectivity index (χ2n) is 8.78. The average Bonchev–Trinajstić information content (AvgIpc) is 2.79. The van der Waals surface area contributed by atoms with Gasteiger partial charge in [-0.05, 0) is 50.2 Å². The summed E-state index contributed by atoms with van der Waals surface area (Å²) in [5, 5.41) is 12.8. The van der Waals surface area contributed by atoms with Crippen LogP contribution in [-0.2, 0) is 32.1 Å². The van der Waals surface area contributed by atoms with Gasteiger partial charge in [-0.15, -0.1) is 0 Å². The molecule has 0 fully saturated rings. The maximum atomic E-state index is 13.2. The first-order chi connectivity index (χ1) is 15.5. The lowest BCUT2D eigenvalue weighted by atomic mass is 9.92. The van der Waals surface area contributed by atoms with Crippen molar-refractivity contribution in [3.05, 3.63) is 47.5 Å². The van der Waals surface area contributed by atoms with Crippen molar-refractivity contribution in [3.63, 3.8) is 0 Å². The number of allylic oxidation sites excluding steroid dienone is 2. The Morgan fingerprint density at radius 3 is 2.75 bits per heavy atom. The Morgan fingerprint density at radius 2 is 1.97 bits per heavy atom. The van der Waals surface area contributed by atoms with E-state index < -0.39 is 5.92 Å². The maximum Gasteiger partial charge on any atom is 0.305 e. The van der Waals surface area contributed by atoms with Crippen molar-refractivity contribution in [2.24, 2.45) is 5.92 Å². The third-order valence-corrected chi connectivity index (χ3v) is 6.15. The van der Waals surface area contributed by atoms with Gasteiger partial charge in [-0.25, -0.2) is 0 Å². The lowest BCUT2D eigenvalue weighted by Gasteiger charge is -2.36. The zero-order chi connectivity index (χ0) is 22.9. The molecule has 0 spiro atoms. The van der Waals surface area contributed by atoms with Gasteiger partial charge >= 0.3 is 5.97 Å². The highest BCUT2D eigenvalue weighted by atomic mass is 16.5. The van der Waals surface area contributed by atoms with Gasteiger partial charge in [0.05, 0.1) is 24.6 Å². The maximum absolute atomic E-state index is 13.2. The van der Waals surface area contributed by atoms with Crippen molar-refractivity contribution < 1.29 is 24.2 Å². The topological polar surface area (TPSA) is 95.9 Å². The number of aliphatic hydroxyl groups excluding tert-OH is 1. The van der Waals surface area contributed by atoms with E-state index in [-0.39, 0.29) is 49.5 Å². The number of hydrogen-bond acceptors (Lipinski definition) is 5. The second-order valence-corrected chi connectivity index (χ2v) is 8.78. The summed E-state index contributed by atoms with van der Waals surface area (Å²) in [5.74, 6) is -1.12. The second kappa shape index (κ2) is 11.8. The molecule has 2 aliphatic heterocycles. The van der Waals surface area contributed by atoms with Crippen molar-refractivity contribution in [2.75, 3.05) is 13.2 Å². The van der Waals surface area contributed by atoms with Crippen LogP contribution in [0.3, 0.4) is 0 Å². The van der Waals surface area contributed by atoms with Crippen molar-refractivity contribution in [3.8, 4) is 0 Å². The fourth-order valence-corrected chi connectivity index (χ4v) is 4.26. The SMILES string of the molecule is CC1COC(=O)CCCCC=CCC(CC(=O)N2Cc3ccccc3CC2CO)C(=O)N1. The highest BCUT2D eigenvalue weighted by Gasteiger charge is 2.32. The number of benzene rings is 1. The van der Waals surface area contributed by atoms with Gasteiger partial charge in [0.1, 0.15) is 6.61 Å². The predicted octanol–water partition coefficient (Wildman–Crippen LogP) is 2.51. The molecule has 0 aromatic heterocycles. The summed E-state index contributed by atoms with van der Waals surface area (Å²) in [6.07, 6.45) is 7.97. The molecule has 3 rings (SSSR count). The van der Waals surface area contributed by atoms with E-state index in [1.165, 1.54) is 0 Å². The molecule has 3 atom stereocenters. The summed E-state index contributed by atoms with van der Waals surface area (Å²) in [5.41, 5.74) is 2.23. The third kappa shape index (κ3) is 6.66. The number of carbonyl (C=O) groups is 3. The lowest BCUT2D eigenvalue weighted by Crippen LogP contribution is -2.48. The summed E-state index contributed by atoms with van der Waals surface area (Å²) in [7, 11) is 0. The quantitative estimate of drug-likeness (QED) is 0.554. The van der Waals surface area contributed by atoms with Gasteiger partial charge in [0.2, 0.25) is 11.8 Å². The molecule has 0 aliphatic carbocycles. The molecule has 7 heteroatoms. The number of hydrogen-bond donors (Lipinski definition) is 2. The van der Waals surface area contributed by atoms with Gasteiger partial charge in [-0.1, -0.05) is 36.4 Å². The van der Waals surface area contributed by atoms with Crippen molar-refractivity contribution in [1.29, 1.82) is 0 Å². The first-order valence-corrected chi connectivity index (χ1v) is 11.6. The van der Waals surface area contributed by atoms with E-state index in [0.717, 1.165) is 30.4 Å². The highest BCUT2D eigenvalue weighted by molar-refractivity contribution is 5.86. The molecular weight excluding hydrogens is 408 g/mol. The zero-order valence-electron chi connectivity index (χ0n) is 18.8. The van der Waals surface area contributed by atoms with E-state index in [4.69, 9.17) is 4.74 Å². The average molecular weight is 443 g/mol. The van der Waals surface area contributed by atoms with Gasteiger partial charge < -0.3 is 20.1 Å². The van der Waals surface area contributed by atoms with E-state index >= 15 is 0 Å². The van der Waals surface area contributed by atoms with Crippen LogP contribution in [0.15, 0.2) is 36.4 Å². The minimum Gasteiger partial charge on any atom is -0.464 e. The molecule has 0 bridgehead atoms. The van der Waals surface area contributed by atoms with Crippen LogP contribution in [0.2, 0.25) is 0 Å². The van der Waals surface area contributed by atoms with Crippen LogP contribution in [0.4, 0.5) is 0 Å². The molecule has 3 unspecified atom stereocenters. The molecule has 7 nitrogen and oxygen atoms in total. The van der Waals surface area contributed by atoms with Crippen LogP contribution >= 0.6 is 0 Å².